The number of phenols is 2. The molecule has 1 amide bonds. The molecule has 0 fully saturated rings. The van der Waals surface area contributed by atoms with Crippen molar-refractivity contribution < 1.29 is 24.9 Å². The minimum atomic E-state index is -0.558. The normalized spacial score (nSPS) is 15.6. The van der Waals surface area contributed by atoms with Gasteiger partial charge in [0.2, 0.25) is 0 Å². The molecule has 1 unspecified atom stereocenters. The average molecular weight is 395 g/mol. The lowest BCUT2D eigenvalue weighted by atomic mass is 9.95. The molecule has 0 spiro atoms. The Kier molecular flexibility index (Phi) is 4.85. The van der Waals surface area contributed by atoms with Gasteiger partial charge in [0.15, 0.2) is 11.5 Å². The number of rotatable bonds is 6. The van der Waals surface area contributed by atoms with Gasteiger partial charge in [-0.25, -0.2) is 0 Å². The molecule has 2 heterocycles. The van der Waals surface area contributed by atoms with E-state index >= 15 is 0 Å². The van der Waals surface area contributed by atoms with E-state index in [9.17, 15) is 20.1 Å². The van der Waals surface area contributed by atoms with Crippen molar-refractivity contribution in [3.63, 3.8) is 0 Å². The number of nitrogens with zero attached hydrogens (tertiary/aromatic N) is 2. The fourth-order valence-electron chi connectivity index (χ4n) is 3.73. The number of β-amino-alcohol motifs (C(OH)–C–C–N with tert-alkyl or cyclic N) is 1. The topological polar surface area (TPSA) is 119 Å². The molecule has 1 atom stereocenters. The van der Waals surface area contributed by atoms with E-state index in [4.69, 9.17) is 4.74 Å². The number of aromatic hydroxyl groups is 2. The standard InChI is InChI=1S/C21H21N3O5/c1-2-29-16-11-12(7-8-15(16)27)20-17-18(13-5-3-4-6-14(13)26)22-23-19(17)21(28)24(20)9-10-25/h3-8,11,20,25-27H,2,9-10H2,1H3,(H,22,23). The van der Waals surface area contributed by atoms with Crippen LogP contribution in [0.15, 0.2) is 42.5 Å². The number of aliphatic hydroxyl groups is 1. The molecule has 4 N–H and O–H groups in total. The lowest BCUT2D eigenvalue weighted by Crippen LogP contribution is -2.32. The van der Waals surface area contributed by atoms with E-state index in [1.807, 2.05) is 6.92 Å². The number of aromatic amines is 1. The molecule has 0 aliphatic carbocycles. The summed E-state index contributed by atoms with van der Waals surface area (Å²) in [5, 5.41) is 37.0. The number of benzene rings is 2. The molecule has 29 heavy (non-hydrogen) atoms. The molecule has 8 nitrogen and oxygen atoms in total. The van der Waals surface area contributed by atoms with Gasteiger partial charge in [0.25, 0.3) is 5.91 Å². The third kappa shape index (κ3) is 3.07. The van der Waals surface area contributed by atoms with Crippen molar-refractivity contribution in [1.82, 2.24) is 15.1 Å². The molecule has 1 aliphatic heterocycles. The lowest BCUT2D eigenvalue weighted by molar-refractivity contribution is 0.0706. The van der Waals surface area contributed by atoms with Crippen molar-refractivity contribution in [1.29, 1.82) is 0 Å². The molecule has 0 bridgehead atoms. The number of H-pyrrole nitrogens is 1. The number of carbonyl (C=O) groups is 1. The molecule has 0 saturated heterocycles. The summed E-state index contributed by atoms with van der Waals surface area (Å²) in [5.41, 5.74) is 2.58. The predicted molar refractivity (Wildman–Crippen MR) is 105 cm³/mol. The Bertz CT molecular complexity index is 1060. The monoisotopic (exact) mass is 395 g/mol. The van der Waals surface area contributed by atoms with Gasteiger partial charge in [-0.05, 0) is 36.8 Å². The Morgan fingerprint density at radius 2 is 1.97 bits per heavy atom. The van der Waals surface area contributed by atoms with Gasteiger partial charge in [0, 0.05) is 17.7 Å². The largest absolute Gasteiger partial charge is 0.507 e. The molecular weight excluding hydrogens is 374 g/mol. The van der Waals surface area contributed by atoms with Crippen molar-refractivity contribution in [2.45, 2.75) is 13.0 Å². The van der Waals surface area contributed by atoms with Gasteiger partial charge < -0.3 is 25.0 Å². The smallest absolute Gasteiger partial charge is 0.273 e. The maximum absolute atomic E-state index is 13.0. The summed E-state index contributed by atoms with van der Waals surface area (Å²) in [6.07, 6.45) is 0. The first kappa shape index (κ1) is 18.8. The predicted octanol–water partition coefficient (Wildman–Crippen LogP) is 2.42. The summed E-state index contributed by atoms with van der Waals surface area (Å²) < 4.78 is 5.50. The third-order valence-electron chi connectivity index (χ3n) is 4.96. The zero-order valence-electron chi connectivity index (χ0n) is 15.8. The quantitative estimate of drug-likeness (QED) is 0.509. The summed E-state index contributed by atoms with van der Waals surface area (Å²) in [6.45, 7) is 2.11. The van der Waals surface area contributed by atoms with Gasteiger partial charge in [-0.1, -0.05) is 18.2 Å². The number of aromatic nitrogens is 2. The summed E-state index contributed by atoms with van der Waals surface area (Å²) in [4.78, 5) is 14.5. The molecule has 8 heteroatoms. The molecule has 4 rings (SSSR count). The van der Waals surface area contributed by atoms with Gasteiger partial charge in [0.1, 0.15) is 17.1 Å². The van der Waals surface area contributed by atoms with Crippen molar-refractivity contribution in [2.24, 2.45) is 0 Å². The maximum atomic E-state index is 13.0. The maximum Gasteiger partial charge on any atom is 0.273 e. The fraction of sp³-hybridized carbons (Fsp3) is 0.238. The zero-order valence-corrected chi connectivity index (χ0v) is 15.8. The van der Waals surface area contributed by atoms with E-state index in [1.165, 1.54) is 11.0 Å². The molecule has 1 aliphatic rings. The fourth-order valence-corrected chi connectivity index (χ4v) is 3.73. The summed E-state index contributed by atoms with van der Waals surface area (Å²) >= 11 is 0. The van der Waals surface area contributed by atoms with Crippen LogP contribution in [0.5, 0.6) is 17.2 Å². The lowest BCUT2D eigenvalue weighted by Gasteiger charge is -2.26. The second kappa shape index (κ2) is 7.48. The van der Waals surface area contributed by atoms with Crippen molar-refractivity contribution in [3.8, 4) is 28.5 Å². The van der Waals surface area contributed by atoms with E-state index in [2.05, 4.69) is 10.2 Å². The number of phenolic OH excluding ortho intramolecular Hbond substituents is 2. The molecule has 0 radical (unpaired) electrons. The van der Waals surface area contributed by atoms with Crippen LogP contribution in [0.1, 0.15) is 34.6 Å². The Morgan fingerprint density at radius 1 is 1.17 bits per heavy atom. The van der Waals surface area contributed by atoms with Crippen LogP contribution in [0.3, 0.4) is 0 Å². The summed E-state index contributed by atoms with van der Waals surface area (Å²) in [6, 6.07) is 11.1. The highest BCUT2D eigenvalue weighted by Gasteiger charge is 2.42. The number of fused-ring (bicyclic) bond motifs is 1. The number of para-hydroxylation sites is 1. The van der Waals surface area contributed by atoms with Crippen LogP contribution in [0.4, 0.5) is 0 Å². The summed E-state index contributed by atoms with van der Waals surface area (Å²) in [5.74, 6) is 0.0676. The SMILES string of the molecule is CCOc1cc(C2c3c(-c4ccccc4O)n[nH]c3C(=O)N2CCO)ccc1O. The van der Waals surface area contributed by atoms with Crippen LogP contribution < -0.4 is 4.74 Å². The Hall–Kier alpha value is -3.52. The highest BCUT2D eigenvalue weighted by molar-refractivity contribution is 6.00. The number of nitrogens with one attached hydrogen (secondary N) is 1. The minimum Gasteiger partial charge on any atom is -0.507 e. The third-order valence-corrected chi connectivity index (χ3v) is 4.96. The van der Waals surface area contributed by atoms with E-state index in [0.717, 1.165) is 0 Å². The van der Waals surface area contributed by atoms with Crippen LogP contribution in [0.2, 0.25) is 0 Å². The van der Waals surface area contributed by atoms with Crippen LogP contribution >= 0.6 is 0 Å². The molecule has 0 saturated carbocycles. The number of carbonyl (C=O) groups excluding carboxylic acids is 1. The van der Waals surface area contributed by atoms with Crippen LogP contribution in [-0.4, -0.2) is 56.1 Å². The average Bonchev–Trinajstić information content (AvgIpc) is 3.24. The number of hydrogen-bond donors (Lipinski definition) is 4. The Morgan fingerprint density at radius 3 is 2.69 bits per heavy atom. The number of hydrogen-bond acceptors (Lipinski definition) is 6. The van der Waals surface area contributed by atoms with E-state index in [0.29, 0.717) is 40.4 Å². The Labute approximate surface area is 167 Å². The van der Waals surface area contributed by atoms with Gasteiger partial charge >= 0.3 is 0 Å². The minimum absolute atomic E-state index is 0.00183. The first-order valence-corrected chi connectivity index (χ1v) is 9.31. The second-order valence-electron chi connectivity index (χ2n) is 6.66. The number of aliphatic hydroxyl groups excluding tert-OH is 1. The number of ether oxygens (including phenoxy) is 1. The van der Waals surface area contributed by atoms with Crippen LogP contribution in [-0.2, 0) is 0 Å². The molecule has 3 aromatic rings. The van der Waals surface area contributed by atoms with Crippen molar-refractivity contribution in [2.75, 3.05) is 19.8 Å². The highest BCUT2D eigenvalue weighted by atomic mass is 16.5. The van der Waals surface area contributed by atoms with E-state index in [1.54, 1.807) is 36.4 Å². The zero-order chi connectivity index (χ0) is 20.5. The van der Waals surface area contributed by atoms with Gasteiger partial charge in [-0.15, -0.1) is 0 Å². The van der Waals surface area contributed by atoms with Crippen molar-refractivity contribution >= 4 is 5.91 Å². The van der Waals surface area contributed by atoms with Gasteiger partial charge in [0.05, 0.1) is 19.3 Å². The molecular formula is C21H21N3O5. The second-order valence-corrected chi connectivity index (χ2v) is 6.66. The van der Waals surface area contributed by atoms with Gasteiger partial charge in [-0.2, -0.15) is 5.10 Å². The van der Waals surface area contributed by atoms with Crippen LogP contribution in [0.25, 0.3) is 11.3 Å². The molecule has 2 aromatic carbocycles. The van der Waals surface area contributed by atoms with Gasteiger partial charge in [-0.3, -0.25) is 9.89 Å². The summed E-state index contributed by atoms with van der Waals surface area (Å²) in [7, 11) is 0. The molecule has 150 valence electrons. The Balaban J connectivity index is 1.90. The molecule has 1 aromatic heterocycles. The van der Waals surface area contributed by atoms with E-state index in [-0.39, 0.29) is 30.6 Å². The van der Waals surface area contributed by atoms with Crippen molar-refractivity contribution in [3.05, 3.63) is 59.3 Å². The first-order chi connectivity index (χ1) is 14.1. The highest BCUT2D eigenvalue weighted by Crippen LogP contribution is 2.45. The first-order valence-electron chi connectivity index (χ1n) is 9.31. The van der Waals surface area contributed by atoms with E-state index < -0.39 is 6.04 Å². The number of amides is 1. The van der Waals surface area contributed by atoms with Crippen LogP contribution in [0, 0.1) is 0 Å².